The van der Waals surface area contributed by atoms with Crippen molar-refractivity contribution >= 4 is 0 Å². The SMILES string of the molecule is CC[C@@H]1CN(Cc2cc(F)cc(F)c2F)CCN1. The Bertz CT molecular complexity index is 423. The predicted octanol–water partition coefficient (Wildman–Crippen LogP) is 2.29. The van der Waals surface area contributed by atoms with Gasteiger partial charge < -0.3 is 5.32 Å². The Labute approximate surface area is 105 Å². The monoisotopic (exact) mass is 258 g/mol. The fraction of sp³-hybridized carbons (Fsp3) is 0.538. The van der Waals surface area contributed by atoms with Crippen LogP contribution in [0.25, 0.3) is 0 Å². The average Bonchev–Trinajstić information content (AvgIpc) is 2.35. The van der Waals surface area contributed by atoms with Gasteiger partial charge in [0.15, 0.2) is 11.6 Å². The molecule has 1 heterocycles. The molecule has 18 heavy (non-hydrogen) atoms. The highest BCUT2D eigenvalue weighted by atomic mass is 19.2. The van der Waals surface area contributed by atoms with E-state index in [0.29, 0.717) is 12.1 Å². The lowest BCUT2D eigenvalue weighted by atomic mass is 10.1. The van der Waals surface area contributed by atoms with Crippen LogP contribution in [0.15, 0.2) is 12.1 Å². The predicted molar refractivity (Wildman–Crippen MR) is 63.7 cm³/mol. The third-order valence-corrected chi connectivity index (χ3v) is 3.29. The van der Waals surface area contributed by atoms with Crippen molar-refractivity contribution in [3.8, 4) is 0 Å². The minimum Gasteiger partial charge on any atom is -0.311 e. The fourth-order valence-electron chi connectivity index (χ4n) is 2.28. The largest absolute Gasteiger partial charge is 0.311 e. The van der Waals surface area contributed by atoms with Crippen molar-refractivity contribution in [1.29, 1.82) is 0 Å². The van der Waals surface area contributed by atoms with Crippen LogP contribution in [-0.4, -0.2) is 30.6 Å². The van der Waals surface area contributed by atoms with E-state index in [-0.39, 0.29) is 12.1 Å². The van der Waals surface area contributed by atoms with Crippen LogP contribution in [0.5, 0.6) is 0 Å². The third-order valence-electron chi connectivity index (χ3n) is 3.29. The molecule has 1 atom stereocenters. The first-order chi connectivity index (χ1) is 8.60. The zero-order chi connectivity index (χ0) is 13.1. The van der Waals surface area contributed by atoms with E-state index < -0.39 is 17.5 Å². The number of nitrogens with zero attached hydrogens (tertiary/aromatic N) is 1. The number of rotatable bonds is 3. The molecule has 1 fully saturated rings. The molecule has 100 valence electrons. The lowest BCUT2D eigenvalue weighted by molar-refractivity contribution is 0.187. The lowest BCUT2D eigenvalue weighted by Gasteiger charge is -2.33. The summed E-state index contributed by atoms with van der Waals surface area (Å²) in [5.41, 5.74) is 0.0873. The summed E-state index contributed by atoms with van der Waals surface area (Å²) in [7, 11) is 0. The molecular weight excluding hydrogens is 241 g/mol. The molecule has 1 saturated heterocycles. The summed E-state index contributed by atoms with van der Waals surface area (Å²) in [4.78, 5) is 2.02. The summed E-state index contributed by atoms with van der Waals surface area (Å²) < 4.78 is 39.7. The van der Waals surface area contributed by atoms with E-state index in [9.17, 15) is 13.2 Å². The first-order valence-electron chi connectivity index (χ1n) is 6.19. The van der Waals surface area contributed by atoms with Crippen LogP contribution in [-0.2, 0) is 6.54 Å². The highest BCUT2D eigenvalue weighted by molar-refractivity contribution is 5.20. The van der Waals surface area contributed by atoms with Gasteiger partial charge in [-0.1, -0.05) is 6.92 Å². The summed E-state index contributed by atoms with van der Waals surface area (Å²) >= 11 is 0. The molecule has 2 rings (SSSR count). The van der Waals surface area contributed by atoms with Gasteiger partial charge in [0, 0.05) is 43.9 Å². The maximum atomic E-state index is 13.5. The molecular formula is C13H17F3N2. The number of nitrogens with one attached hydrogen (secondary N) is 1. The molecule has 0 amide bonds. The second-order valence-electron chi connectivity index (χ2n) is 4.66. The highest BCUT2D eigenvalue weighted by Crippen LogP contribution is 2.17. The normalized spacial score (nSPS) is 21.2. The van der Waals surface area contributed by atoms with Crippen molar-refractivity contribution in [2.75, 3.05) is 19.6 Å². The van der Waals surface area contributed by atoms with Crippen LogP contribution in [0.1, 0.15) is 18.9 Å². The van der Waals surface area contributed by atoms with E-state index in [1.54, 1.807) is 0 Å². The molecule has 2 nitrogen and oxygen atoms in total. The maximum Gasteiger partial charge on any atom is 0.163 e. The van der Waals surface area contributed by atoms with Crippen molar-refractivity contribution in [3.05, 3.63) is 35.1 Å². The molecule has 0 radical (unpaired) electrons. The zero-order valence-corrected chi connectivity index (χ0v) is 10.3. The molecule has 0 aromatic heterocycles. The molecule has 0 spiro atoms. The highest BCUT2D eigenvalue weighted by Gasteiger charge is 2.20. The van der Waals surface area contributed by atoms with Crippen molar-refractivity contribution in [2.45, 2.75) is 25.9 Å². The van der Waals surface area contributed by atoms with Crippen LogP contribution >= 0.6 is 0 Å². The smallest absolute Gasteiger partial charge is 0.163 e. The van der Waals surface area contributed by atoms with E-state index in [0.717, 1.165) is 32.1 Å². The van der Waals surface area contributed by atoms with Crippen LogP contribution in [0.2, 0.25) is 0 Å². The topological polar surface area (TPSA) is 15.3 Å². The fourth-order valence-corrected chi connectivity index (χ4v) is 2.28. The number of hydrogen-bond acceptors (Lipinski definition) is 2. The Morgan fingerprint density at radius 2 is 2.11 bits per heavy atom. The minimum absolute atomic E-state index is 0.0873. The summed E-state index contributed by atoms with van der Waals surface area (Å²) in [6, 6.07) is 2.01. The zero-order valence-electron chi connectivity index (χ0n) is 10.3. The summed E-state index contributed by atoms with van der Waals surface area (Å²) in [6.45, 7) is 4.67. The van der Waals surface area contributed by atoms with Gasteiger partial charge in [-0.05, 0) is 12.5 Å². The maximum absolute atomic E-state index is 13.5. The molecule has 1 aromatic rings. The molecule has 1 aliphatic heterocycles. The van der Waals surface area contributed by atoms with Gasteiger partial charge in [-0.3, -0.25) is 4.90 Å². The standard InChI is InChI=1S/C13H17F3N2/c1-2-11-8-18(4-3-17-11)7-9-5-10(14)6-12(15)13(9)16/h5-6,11,17H,2-4,7-8H2,1H3/t11-/m1/s1. The minimum atomic E-state index is -1.12. The van der Waals surface area contributed by atoms with E-state index in [1.165, 1.54) is 0 Å². The van der Waals surface area contributed by atoms with Crippen LogP contribution in [0, 0.1) is 17.5 Å². The second kappa shape index (κ2) is 5.71. The van der Waals surface area contributed by atoms with Gasteiger partial charge >= 0.3 is 0 Å². The number of hydrogen-bond donors (Lipinski definition) is 1. The molecule has 0 aliphatic carbocycles. The Kier molecular flexibility index (Phi) is 4.24. The summed E-state index contributed by atoms with van der Waals surface area (Å²) in [6.07, 6.45) is 0.983. The van der Waals surface area contributed by atoms with Gasteiger partial charge in [-0.25, -0.2) is 13.2 Å². The first kappa shape index (κ1) is 13.4. The van der Waals surface area contributed by atoms with Gasteiger partial charge in [-0.2, -0.15) is 0 Å². The van der Waals surface area contributed by atoms with Crippen molar-refractivity contribution in [3.63, 3.8) is 0 Å². The Balaban J connectivity index is 2.09. The van der Waals surface area contributed by atoms with Crippen molar-refractivity contribution in [1.82, 2.24) is 10.2 Å². The quantitative estimate of drug-likeness (QED) is 0.837. The summed E-state index contributed by atoms with van der Waals surface area (Å²) in [5, 5.41) is 3.34. The van der Waals surface area contributed by atoms with E-state index >= 15 is 0 Å². The number of piperazine rings is 1. The van der Waals surface area contributed by atoms with Gasteiger partial charge in [0.1, 0.15) is 5.82 Å². The van der Waals surface area contributed by atoms with E-state index in [2.05, 4.69) is 12.2 Å². The Morgan fingerprint density at radius 1 is 1.33 bits per heavy atom. The summed E-state index contributed by atoms with van der Waals surface area (Å²) in [5.74, 6) is -2.79. The van der Waals surface area contributed by atoms with E-state index in [4.69, 9.17) is 0 Å². The van der Waals surface area contributed by atoms with Crippen LogP contribution in [0.4, 0.5) is 13.2 Å². The molecule has 0 unspecified atom stereocenters. The Morgan fingerprint density at radius 3 is 2.83 bits per heavy atom. The molecule has 0 bridgehead atoms. The molecule has 1 N–H and O–H groups in total. The van der Waals surface area contributed by atoms with Gasteiger partial charge in [0.25, 0.3) is 0 Å². The molecule has 1 aliphatic rings. The molecule has 0 saturated carbocycles. The first-order valence-corrected chi connectivity index (χ1v) is 6.19. The average molecular weight is 258 g/mol. The van der Waals surface area contributed by atoms with Gasteiger partial charge in [0.2, 0.25) is 0 Å². The third kappa shape index (κ3) is 3.03. The van der Waals surface area contributed by atoms with Crippen LogP contribution in [0.3, 0.4) is 0 Å². The van der Waals surface area contributed by atoms with Crippen molar-refractivity contribution < 1.29 is 13.2 Å². The van der Waals surface area contributed by atoms with Crippen molar-refractivity contribution in [2.24, 2.45) is 0 Å². The van der Waals surface area contributed by atoms with Gasteiger partial charge in [0.05, 0.1) is 0 Å². The number of halogens is 3. The lowest BCUT2D eigenvalue weighted by Crippen LogP contribution is -2.49. The molecule has 5 heteroatoms. The van der Waals surface area contributed by atoms with E-state index in [1.807, 2.05) is 4.90 Å². The van der Waals surface area contributed by atoms with Gasteiger partial charge in [-0.15, -0.1) is 0 Å². The van der Waals surface area contributed by atoms with Crippen LogP contribution < -0.4 is 5.32 Å². The molecule has 1 aromatic carbocycles. The Hall–Kier alpha value is -1.07. The number of benzene rings is 1. The second-order valence-corrected chi connectivity index (χ2v) is 4.66.